The van der Waals surface area contributed by atoms with Crippen LogP contribution in [0.25, 0.3) is 0 Å². The molecular formula is C18H27N2O5P. The van der Waals surface area contributed by atoms with Crippen molar-refractivity contribution in [3.05, 3.63) is 29.3 Å². The number of carbonyl (C=O) groups is 1. The van der Waals surface area contributed by atoms with Crippen LogP contribution in [-0.4, -0.2) is 58.4 Å². The molecule has 7 nitrogen and oxygen atoms in total. The van der Waals surface area contributed by atoms with Crippen molar-refractivity contribution < 1.29 is 24.1 Å². The van der Waals surface area contributed by atoms with E-state index in [1.165, 1.54) is 5.56 Å². The molecule has 8 heteroatoms. The predicted octanol–water partition coefficient (Wildman–Crippen LogP) is 1.66. The first-order valence-corrected chi connectivity index (χ1v) is 10.9. The van der Waals surface area contributed by atoms with Crippen molar-refractivity contribution in [2.75, 3.05) is 32.4 Å². The SMILES string of the molecule is NCCCCC1(C(=O)O)CN(Cc2ccc3c(c2)CCO3)CCP1(=O)O. The maximum atomic E-state index is 12.8. The summed E-state index contributed by atoms with van der Waals surface area (Å²) in [5.41, 5.74) is 7.75. The lowest BCUT2D eigenvalue weighted by molar-refractivity contribution is -0.141. The third-order valence-electron chi connectivity index (χ3n) is 5.48. The molecule has 0 spiro atoms. The summed E-state index contributed by atoms with van der Waals surface area (Å²) in [7, 11) is -3.78. The minimum Gasteiger partial charge on any atom is -0.493 e. The van der Waals surface area contributed by atoms with Crippen LogP contribution >= 0.6 is 7.37 Å². The summed E-state index contributed by atoms with van der Waals surface area (Å²) in [6.07, 6.45) is 2.27. The lowest BCUT2D eigenvalue weighted by atomic mass is 9.99. The van der Waals surface area contributed by atoms with Gasteiger partial charge in [-0.1, -0.05) is 18.6 Å². The van der Waals surface area contributed by atoms with Crippen molar-refractivity contribution in [2.45, 2.75) is 37.4 Å². The minimum absolute atomic E-state index is 0.00990. The fraction of sp³-hybridized carbons (Fsp3) is 0.611. The van der Waals surface area contributed by atoms with Crippen molar-refractivity contribution >= 4 is 13.3 Å². The summed E-state index contributed by atoms with van der Waals surface area (Å²) in [5.74, 6) is -0.263. The molecule has 2 unspecified atom stereocenters. The molecule has 0 radical (unpaired) electrons. The maximum absolute atomic E-state index is 12.8. The second-order valence-corrected chi connectivity index (χ2v) is 9.97. The number of ether oxygens (including phenoxy) is 1. The number of aliphatic carboxylic acids is 1. The molecule has 3 rings (SSSR count). The number of benzene rings is 1. The van der Waals surface area contributed by atoms with E-state index in [0.717, 1.165) is 17.7 Å². The molecule has 144 valence electrons. The van der Waals surface area contributed by atoms with Gasteiger partial charge >= 0.3 is 5.97 Å². The summed E-state index contributed by atoms with van der Waals surface area (Å²) in [6, 6.07) is 6.02. The Labute approximate surface area is 153 Å². The number of nitrogens with two attached hydrogens (primary N) is 1. The van der Waals surface area contributed by atoms with Crippen LogP contribution in [0, 0.1) is 0 Å². The topological polar surface area (TPSA) is 113 Å². The highest BCUT2D eigenvalue weighted by atomic mass is 31.2. The summed E-state index contributed by atoms with van der Waals surface area (Å²) >= 11 is 0. The Morgan fingerprint density at radius 2 is 2.19 bits per heavy atom. The zero-order valence-electron chi connectivity index (χ0n) is 14.9. The molecule has 2 aliphatic rings. The Balaban J connectivity index is 1.77. The molecule has 0 aromatic heterocycles. The second kappa shape index (κ2) is 7.69. The summed E-state index contributed by atoms with van der Waals surface area (Å²) in [5, 5.41) is 8.23. The van der Waals surface area contributed by atoms with Gasteiger partial charge in [0, 0.05) is 32.2 Å². The summed E-state index contributed by atoms with van der Waals surface area (Å²) in [4.78, 5) is 24.5. The van der Waals surface area contributed by atoms with Gasteiger partial charge in [-0.2, -0.15) is 0 Å². The van der Waals surface area contributed by atoms with Gasteiger partial charge in [0.1, 0.15) is 5.75 Å². The molecule has 0 bridgehead atoms. The second-order valence-electron chi connectivity index (χ2n) is 7.26. The van der Waals surface area contributed by atoms with E-state index in [9.17, 15) is 19.4 Å². The smallest absolute Gasteiger partial charge is 0.320 e. The molecule has 0 saturated carbocycles. The third kappa shape index (κ3) is 3.67. The lowest BCUT2D eigenvalue weighted by Gasteiger charge is -2.43. The molecule has 26 heavy (non-hydrogen) atoms. The number of hydrogen-bond donors (Lipinski definition) is 3. The van der Waals surface area contributed by atoms with E-state index >= 15 is 0 Å². The molecule has 4 N–H and O–H groups in total. The van der Waals surface area contributed by atoms with Gasteiger partial charge in [-0.15, -0.1) is 0 Å². The first-order chi connectivity index (χ1) is 12.4. The molecule has 0 amide bonds. The minimum atomic E-state index is -3.78. The van der Waals surface area contributed by atoms with Gasteiger partial charge in [-0.3, -0.25) is 14.3 Å². The standard InChI is InChI=1S/C18H27N2O5P/c19-7-2-1-6-18(17(21)22)13-20(8-10-26(18,23)24)12-14-3-4-16-15(11-14)5-9-25-16/h3-4,11H,1-2,5-10,12-13,19H2,(H,21,22)(H,23,24). The van der Waals surface area contributed by atoms with E-state index in [1.807, 2.05) is 17.0 Å². The molecule has 1 saturated heterocycles. The van der Waals surface area contributed by atoms with Crippen molar-refractivity contribution in [1.29, 1.82) is 0 Å². The van der Waals surface area contributed by atoms with Crippen molar-refractivity contribution in [2.24, 2.45) is 5.73 Å². The van der Waals surface area contributed by atoms with Gasteiger partial charge in [0.2, 0.25) is 7.37 Å². The average Bonchev–Trinajstić information content (AvgIpc) is 3.05. The Morgan fingerprint density at radius 3 is 2.92 bits per heavy atom. The Morgan fingerprint density at radius 1 is 1.38 bits per heavy atom. The van der Waals surface area contributed by atoms with Gasteiger partial charge in [0.25, 0.3) is 0 Å². The third-order valence-corrected chi connectivity index (χ3v) is 8.18. The van der Waals surface area contributed by atoms with Gasteiger partial charge in [0.15, 0.2) is 5.16 Å². The Hall–Kier alpha value is -1.40. The monoisotopic (exact) mass is 382 g/mol. The number of unbranched alkanes of at least 4 members (excludes halogenated alkanes) is 1. The molecule has 1 aromatic carbocycles. The van der Waals surface area contributed by atoms with Crippen LogP contribution in [-0.2, 0) is 22.3 Å². The first-order valence-electron chi connectivity index (χ1n) is 9.10. The molecule has 0 aliphatic carbocycles. The normalized spacial score (nSPS) is 28.5. The van der Waals surface area contributed by atoms with E-state index in [1.54, 1.807) is 0 Å². The van der Waals surface area contributed by atoms with E-state index in [4.69, 9.17) is 10.5 Å². The van der Waals surface area contributed by atoms with Crippen molar-refractivity contribution in [3.8, 4) is 5.75 Å². The lowest BCUT2D eigenvalue weighted by Crippen LogP contribution is -2.53. The van der Waals surface area contributed by atoms with E-state index < -0.39 is 18.5 Å². The van der Waals surface area contributed by atoms with E-state index in [-0.39, 0.29) is 19.1 Å². The fourth-order valence-electron chi connectivity index (χ4n) is 3.92. The van der Waals surface area contributed by atoms with Crippen LogP contribution in [0.5, 0.6) is 5.75 Å². The molecule has 2 atom stereocenters. The van der Waals surface area contributed by atoms with Crippen LogP contribution in [0.1, 0.15) is 30.4 Å². The number of carboxylic acids is 1. The van der Waals surface area contributed by atoms with Crippen LogP contribution in [0.3, 0.4) is 0 Å². The van der Waals surface area contributed by atoms with Gasteiger partial charge in [-0.05, 0) is 36.6 Å². The number of fused-ring (bicyclic) bond motifs is 1. The predicted molar refractivity (Wildman–Crippen MR) is 98.9 cm³/mol. The van der Waals surface area contributed by atoms with Crippen LogP contribution in [0.2, 0.25) is 0 Å². The molecule has 2 heterocycles. The highest BCUT2D eigenvalue weighted by Gasteiger charge is 2.56. The largest absolute Gasteiger partial charge is 0.493 e. The van der Waals surface area contributed by atoms with Gasteiger partial charge < -0.3 is 20.5 Å². The Kier molecular flexibility index (Phi) is 5.72. The highest BCUT2D eigenvalue weighted by Crippen LogP contribution is 2.59. The zero-order valence-corrected chi connectivity index (χ0v) is 15.8. The summed E-state index contributed by atoms with van der Waals surface area (Å²) in [6.45, 7) is 2.23. The molecule has 1 aromatic rings. The Bertz CT molecular complexity index is 726. The molecule has 1 fully saturated rings. The fourth-order valence-corrected chi connectivity index (χ4v) is 6.13. The van der Waals surface area contributed by atoms with Crippen LogP contribution in [0.15, 0.2) is 18.2 Å². The van der Waals surface area contributed by atoms with Crippen LogP contribution < -0.4 is 10.5 Å². The van der Waals surface area contributed by atoms with Crippen molar-refractivity contribution in [1.82, 2.24) is 4.90 Å². The number of carboxylic acid groups (broad SMARTS) is 1. The zero-order chi connectivity index (χ0) is 18.8. The quantitative estimate of drug-likeness (QED) is 0.485. The number of nitrogens with zero attached hydrogens (tertiary/aromatic N) is 1. The van der Waals surface area contributed by atoms with E-state index in [2.05, 4.69) is 6.07 Å². The van der Waals surface area contributed by atoms with Crippen LogP contribution in [0.4, 0.5) is 0 Å². The number of hydrogen-bond acceptors (Lipinski definition) is 5. The van der Waals surface area contributed by atoms with Gasteiger partial charge in [-0.25, -0.2) is 0 Å². The molecular weight excluding hydrogens is 355 g/mol. The molecule has 2 aliphatic heterocycles. The first kappa shape index (κ1) is 19.4. The summed E-state index contributed by atoms with van der Waals surface area (Å²) < 4.78 is 18.3. The van der Waals surface area contributed by atoms with E-state index in [0.29, 0.717) is 39.1 Å². The highest BCUT2D eigenvalue weighted by molar-refractivity contribution is 7.61. The van der Waals surface area contributed by atoms with Gasteiger partial charge in [0.05, 0.1) is 6.61 Å². The average molecular weight is 382 g/mol. The van der Waals surface area contributed by atoms with Crippen molar-refractivity contribution in [3.63, 3.8) is 0 Å². The maximum Gasteiger partial charge on any atom is 0.320 e. The number of rotatable bonds is 7.